The van der Waals surface area contributed by atoms with E-state index in [2.05, 4.69) is 9.98 Å². The monoisotopic (exact) mass is 436 g/mol. The lowest BCUT2D eigenvalue weighted by atomic mass is 10.0. The molecule has 0 unspecified atom stereocenters. The Bertz CT molecular complexity index is 1300. The number of benzene rings is 4. The fraction of sp³-hybridized carbons (Fsp3) is 0. The fourth-order valence-corrected chi connectivity index (χ4v) is 3.35. The van der Waals surface area contributed by atoms with Gasteiger partial charge in [-0.3, -0.25) is 0 Å². The summed E-state index contributed by atoms with van der Waals surface area (Å²) in [5.74, 6) is 0. The summed E-state index contributed by atoms with van der Waals surface area (Å²) in [6, 6.07) is 39.7. The molecule has 0 saturated heterocycles. The smallest absolute Gasteiger partial charge is 0.176 e. The predicted octanol–water partition coefficient (Wildman–Crippen LogP) is 6.82. The van der Waals surface area contributed by atoms with Gasteiger partial charge in [0, 0.05) is 12.4 Å². The molecule has 4 aromatic rings. The van der Waals surface area contributed by atoms with Gasteiger partial charge >= 0.3 is 0 Å². The van der Waals surface area contributed by atoms with Gasteiger partial charge in [0.05, 0.1) is 0 Å². The largest absolute Gasteiger partial charge is 0.242 e. The van der Waals surface area contributed by atoms with E-state index in [9.17, 15) is 10.5 Å². The van der Waals surface area contributed by atoms with Crippen molar-refractivity contribution in [2.75, 3.05) is 0 Å². The molecule has 0 saturated carbocycles. The first-order valence-corrected chi connectivity index (χ1v) is 10.7. The van der Waals surface area contributed by atoms with E-state index in [-0.39, 0.29) is 11.4 Å². The van der Waals surface area contributed by atoms with Crippen molar-refractivity contribution in [3.8, 4) is 34.4 Å². The van der Waals surface area contributed by atoms with E-state index in [0.29, 0.717) is 0 Å². The van der Waals surface area contributed by atoms with Gasteiger partial charge in [-0.25, -0.2) is 9.98 Å². The molecule has 0 heterocycles. The van der Waals surface area contributed by atoms with Crippen LogP contribution in [-0.4, -0.2) is 12.4 Å². The van der Waals surface area contributed by atoms with Crippen LogP contribution in [0.2, 0.25) is 0 Å². The minimum absolute atomic E-state index is 0.0354. The zero-order chi connectivity index (χ0) is 23.6. The van der Waals surface area contributed by atoms with Crippen molar-refractivity contribution in [2.24, 2.45) is 9.98 Å². The van der Waals surface area contributed by atoms with Crippen LogP contribution in [0.5, 0.6) is 0 Å². The first-order valence-electron chi connectivity index (χ1n) is 10.7. The number of rotatable bonds is 6. The maximum atomic E-state index is 9.51. The first-order chi connectivity index (χ1) is 16.8. The number of allylic oxidation sites excluding steroid dienone is 2. The van der Waals surface area contributed by atoms with Crippen molar-refractivity contribution in [1.82, 2.24) is 0 Å². The van der Waals surface area contributed by atoms with Gasteiger partial charge in [-0.2, -0.15) is 10.5 Å². The SMILES string of the molecule is N#CC(N=Cc1ccc(-c2ccccc2)cc1)=C(C#N)N=Cc1ccc(-c2ccccc2)cc1. The summed E-state index contributed by atoms with van der Waals surface area (Å²) in [6.07, 6.45) is 3.13. The molecule has 0 amide bonds. The maximum Gasteiger partial charge on any atom is 0.176 e. The standard InChI is InChI=1S/C30H20N4/c31-19-29(33-21-23-11-15-27(16-12-23)25-7-3-1-4-8-25)30(20-32)34-22-24-13-17-28(18-14-24)26-9-5-2-6-10-26/h1-18,21-22H. The van der Waals surface area contributed by atoms with Crippen molar-refractivity contribution in [3.63, 3.8) is 0 Å². The quantitative estimate of drug-likeness (QED) is 0.246. The highest BCUT2D eigenvalue weighted by Gasteiger charge is 2.04. The molecule has 0 atom stereocenters. The third kappa shape index (κ3) is 5.59. The van der Waals surface area contributed by atoms with Crippen molar-refractivity contribution >= 4 is 12.4 Å². The summed E-state index contributed by atoms with van der Waals surface area (Å²) in [6.45, 7) is 0. The van der Waals surface area contributed by atoms with Gasteiger partial charge < -0.3 is 0 Å². The summed E-state index contributed by atoms with van der Waals surface area (Å²) in [4.78, 5) is 8.42. The van der Waals surface area contributed by atoms with Crippen LogP contribution in [0.25, 0.3) is 22.3 Å². The maximum absolute atomic E-state index is 9.51. The summed E-state index contributed by atoms with van der Waals surface area (Å²) in [5, 5.41) is 19.0. The van der Waals surface area contributed by atoms with E-state index in [4.69, 9.17) is 0 Å². The molecule has 0 spiro atoms. The van der Waals surface area contributed by atoms with Crippen molar-refractivity contribution in [1.29, 1.82) is 10.5 Å². The van der Waals surface area contributed by atoms with Crippen LogP contribution in [0.3, 0.4) is 0 Å². The summed E-state index contributed by atoms with van der Waals surface area (Å²) < 4.78 is 0. The Morgan fingerprint density at radius 3 is 1.12 bits per heavy atom. The molecule has 0 radical (unpaired) electrons. The lowest BCUT2D eigenvalue weighted by Crippen LogP contribution is -1.88. The molecule has 4 heteroatoms. The van der Waals surface area contributed by atoms with Gasteiger partial charge in [-0.05, 0) is 33.4 Å². The molecule has 0 aliphatic heterocycles. The average Bonchev–Trinajstić information content (AvgIpc) is 2.92. The second-order valence-electron chi connectivity index (χ2n) is 7.41. The van der Waals surface area contributed by atoms with E-state index in [1.807, 2.05) is 121 Å². The van der Waals surface area contributed by atoms with Gasteiger partial charge in [0.15, 0.2) is 11.4 Å². The number of nitriles is 2. The molecule has 4 nitrogen and oxygen atoms in total. The van der Waals surface area contributed by atoms with Crippen LogP contribution in [-0.2, 0) is 0 Å². The Hall–Kier alpha value is -5.06. The molecule has 160 valence electrons. The molecule has 4 rings (SSSR count). The summed E-state index contributed by atoms with van der Waals surface area (Å²) >= 11 is 0. The highest BCUT2D eigenvalue weighted by atomic mass is 14.8. The molecule has 0 aliphatic rings. The summed E-state index contributed by atoms with van der Waals surface area (Å²) in [5.41, 5.74) is 6.01. The van der Waals surface area contributed by atoms with Crippen molar-refractivity contribution in [2.45, 2.75) is 0 Å². The number of nitrogens with zero attached hydrogens (tertiary/aromatic N) is 4. The van der Waals surface area contributed by atoms with E-state index < -0.39 is 0 Å². The van der Waals surface area contributed by atoms with Crippen LogP contribution in [0.1, 0.15) is 11.1 Å². The number of hydrogen-bond acceptors (Lipinski definition) is 4. The molecular formula is C30H20N4. The topological polar surface area (TPSA) is 72.3 Å². The van der Waals surface area contributed by atoms with Gasteiger partial charge in [-0.15, -0.1) is 0 Å². The van der Waals surface area contributed by atoms with Crippen LogP contribution in [0.4, 0.5) is 0 Å². The van der Waals surface area contributed by atoms with E-state index in [1.165, 1.54) is 0 Å². The zero-order valence-electron chi connectivity index (χ0n) is 18.3. The Labute approximate surface area is 199 Å². The Morgan fingerprint density at radius 2 is 0.794 bits per heavy atom. The van der Waals surface area contributed by atoms with Gasteiger partial charge in [0.2, 0.25) is 0 Å². The average molecular weight is 437 g/mol. The molecule has 0 aromatic heterocycles. The fourth-order valence-electron chi connectivity index (χ4n) is 3.35. The highest BCUT2D eigenvalue weighted by molar-refractivity contribution is 5.84. The minimum Gasteiger partial charge on any atom is -0.242 e. The molecular weight excluding hydrogens is 416 g/mol. The Kier molecular flexibility index (Phi) is 7.16. The lowest BCUT2D eigenvalue weighted by Gasteiger charge is -2.02. The second-order valence-corrected chi connectivity index (χ2v) is 7.41. The molecule has 0 aliphatic carbocycles. The molecule has 34 heavy (non-hydrogen) atoms. The van der Waals surface area contributed by atoms with Crippen LogP contribution < -0.4 is 0 Å². The molecule has 0 bridgehead atoms. The third-order valence-corrected chi connectivity index (χ3v) is 5.16. The van der Waals surface area contributed by atoms with Crippen LogP contribution in [0, 0.1) is 22.7 Å². The van der Waals surface area contributed by atoms with Crippen LogP contribution >= 0.6 is 0 Å². The van der Waals surface area contributed by atoms with Gasteiger partial charge in [0.1, 0.15) is 12.1 Å². The predicted molar refractivity (Wildman–Crippen MR) is 137 cm³/mol. The lowest BCUT2D eigenvalue weighted by molar-refractivity contribution is 1.27. The number of aliphatic imine (C=N–C) groups is 2. The zero-order valence-corrected chi connectivity index (χ0v) is 18.3. The minimum atomic E-state index is -0.0354. The summed E-state index contributed by atoms with van der Waals surface area (Å²) in [7, 11) is 0. The Balaban J connectivity index is 1.50. The molecule has 4 aromatic carbocycles. The highest BCUT2D eigenvalue weighted by Crippen LogP contribution is 2.20. The van der Waals surface area contributed by atoms with E-state index in [0.717, 1.165) is 33.4 Å². The normalized spacial score (nSPS) is 11.7. The molecule has 0 N–H and O–H groups in total. The van der Waals surface area contributed by atoms with E-state index in [1.54, 1.807) is 12.4 Å². The first kappa shape index (κ1) is 22.1. The second kappa shape index (κ2) is 11.0. The number of hydrogen-bond donors (Lipinski definition) is 0. The van der Waals surface area contributed by atoms with E-state index >= 15 is 0 Å². The van der Waals surface area contributed by atoms with Gasteiger partial charge in [0.25, 0.3) is 0 Å². The third-order valence-electron chi connectivity index (χ3n) is 5.16. The van der Waals surface area contributed by atoms with Crippen molar-refractivity contribution < 1.29 is 0 Å². The van der Waals surface area contributed by atoms with Crippen LogP contribution in [0.15, 0.2) is 131 Å². The van der Waals surface area contributed by atoms with Gasteiger partial charge in [-0.1, -0.05) is 109 Å². The molecule has 0 fully saturated rings. The Morgan fingerprint density at radius 1 is 0.471 bits per heavy atom. The van der Waals surface area contributed by atoms with Crippen molar-refractivity contribution in [3.05, 3.63) is 132 Å².